The molecule has 0 aromatic heterocycles. The molecule has 0 amide bonds. The number of nitrogens with zero attached hydrogens (tertiary/aromatic N) is 1. The molecule has 0 fully saturated rings. The van der Waals surface area contributed by atoms with Crippen LogP contribution in [0.1, 0.15) is 24.8 Å². The SMILES string of the molecule is Cl.N#CCCCCNCc1ccc(O)cc1O. The second-order valence-electron chi connectivity index (χ2n) is 3.61. The van der Waals surface area contributed by atoms with Gasteiger partial charge in [0.05, 0.1) is 6.07 Å². The van der Waals surface area contributed by atoms with Crippen molar-refractivity contribution < 1.29 is 10.2 Å². The van der Waals surface area contributed by atoms with Gasteiger partial charge in [-0.3, -0.25) is 0 Å². The Morgan fingerprint density at radius 3 is 2.65 bits per heavy atom. The summed E-state index contributed by atoms with van der Waals surface area (Å²) in [5, 5.41) is 30.1. The molecule has 3 N–H and O–H groups in total. The van der Waals surface area contributed by atoms with Crippen molar-refractivity contribution in [3.8, 4) is 17.6 Å². The monoisotopic (exact) mass is 256 g/mol. The number of benzene rings is 1. The quantitative estimate of drug-likeness (QED) is 0.683. The second-order valence-corrected chi connectivity index (χ2v) is 3.61. The van der Waals surface area contributed by atoms with Crippen LogP contribution >= 0.6 is 12.4 Å². The molecule has 0 atom stereocenters. The fourth-order valence-electron chi connectivity index (χ4n) is 1.38. The van der Waals surface area contributed by atoms with Gasteiger partial charge in [-0.1, -0.05) is 6.07 Å². The van der Waals surface area contributed by atoms with Crippen molar-refractivity contribution in [2.24, 2.45) is 0 Å². The average molecular weight is 257 g/mol. The lowest BCUT2D eigenvalue weighted by Gasteiger charge is -2.06. The summed E-state index contributed by atoms with van der Waals surface area (Å²) >= 11 is 0. The lowest BCUT2D eigenvalue weighted by atomic mass is 10.2. The van der Waals surface area contributed by atoms with Crippen LogP contribution in [-0.2, 0) is 6.54 Å². The lowest BCUT2D eigenvalue weighted by molar-refractivity contribution is 0.443. The number of hydrogen-bond acceptors (Lipinski definition) is 4. The van der Waals surface area contributed by atoms with Crippen LogP contribution in [0.5, 0.6) is 11.5 Å². The standard InChI is InChI=1S/C12H16N2O2.ClH/c13-6-2-1-3-7-14-9-10-4-5-11(15)8-12(10)16;/h4-5,8,14-16H,1-3,7,9H2;1H. The van der Waals surface area contributed by atoms with Crippen LogP contribution in [0, 0.1) is 11.3 Å². The highest BCUT2D eigenvalue weighted by atomic mass is 35.5. The maximum Gasteiger partial charge on any atom is 0.123 e. The number of hydrogen-bond donors (Lipinski definition) is 3. The second kappa shape index (κ2) is 8.68. The Balaban J connectivity index is 0.00000256. The van der Waals surface area contributed by atoms with Gasteiger partial charge >= 0.3 is 0 Å². The summed E-state index contributed by atoms with van der Waals surface area (Å²) < 4.78 is 0. The molecule has 0 spiro atoms. The van der Waals surface area contributed by atoms with E-state index in [2.05, 4.69) is 11.4 Å². The maximum absolute atomic E-state index is 9.49. The van der Waals surface area contributed by atoms with E-state index >= 15 is 0 Å². The summed E-state index contributed by atoms with van der Waals surface area (Å²) in [6.45, 7) is 1.39. The third-order valence-electron chi connectivity index (χ3n) is 2.28. The Bertz CT molecular complexity index is 377. The van der Waals surface area contributed by atoms with Crippen LogP contribution in [0.15, 0.2) is 18.2 Å². The van der Waals surface area contributed by atoms with E-state index in [1.807, 2.05) is 0 Å². The minimum atomic E-state index is 0. The molecule has 1 rings (SSSR count). The molecule has 0 heterocycles. The normalized spacial score (nSPS) is 9.35. The van der Waals surface area contributed by atoms with E-state index in [-0.39, 0.29) is 23.9 Å². The van der Waals surface area contributed by atoms with Crippen LogP contribution < -0.4 is 5.32 Å². The van der Waals surface area contributed by atoms with E-state index in [0.717, 1.165) is 24.9 Å². The fourth-order valence-corrected chi connectivity index (χ4v) is 1.38. The molecule has 0 unspecified atom stereocenters. The zero-order valence-electron chi connectivity index (χ0n) is 9.52. The van der Waals surface area contributed by atoms with Crippen molar-refractivity contribution in [3.05, 3.63) is 23.8 Å². The van der Waals surface area contributed by atoms with E-state index in [1.54, 1.807) is 12.1 Å². The zero-order chi connectivity index (χ0) is 11.8. The van der Waals surface area contributed by atoms with Gasteiger partial charge < -0.3 is 15.5 Å². The number of nitrogens with one attached hydrogen (secondary N) is 1. The van der Waals surface area contributed by atoms with E-state index in [4.69, 9.17) is 10.4 Å². The molecule has 0 aliphatic rings. The number of unbranched alkanes of at least 4 members (excludes halogenated alkanes) is 2. The lowest BCUT2D eigenvalue weighted by Crippen LogP contribution is -2.14. The maximum atomic E-state index is 9.49. The summed E-state index contributed by atoms with van der Waals surface area (Å²) in [4.78, 5) is 0. The average Bonchev–Trinajstić information content (AvgIpc) is 2.26. The predicted molar refractivity (Wildman–Crippen MR) is 68.2 cm³/mol. The predicted octanol–water partition coefficient (Wildman–Crippen LogP) is 2.30. The molecule has 0 saturated heterocycles. The van der Waals surface area contributed by atoms with Crippen LogP contribution in [0.2, 0.25) is 0 Å². The molecule has 0 bridgehead atoms. The van der Waals surface area contributed by atoms with Gasteiger partial charge in [-0.2, -0.15) is 5.26 Å². The molecule has 0 radical (unpaired) electrons. The van der Waals surface area contributed by atoms with Crippen molar-refractivity contribution in [1.82, 2.24) is 5.32 Å². The van der Waals surface area contributed by atoms with Gasteiger partial charge in [0.2, 0.25) is 0 Å². The molecule has 0 aliphatic carbocycles. The third-order valence-corrected chi connectivity index (χ3v) is 2.28. The number of phenolic OH excluding ortho intramolecular Hbond substituents is 2. The Labute approximate surface area is 107 Å². The van der Waals surface area contributed by atoms with Crippen LogP contribution in [0.3, 0.4) is 0 Å². The minimum Gasteiger partial charge on any atom is -0.508 e. The van der Waals surface area contributed by atoms with Gasteiger partial charge in [0.15, 0.2) is 0 Å². The Morgan fingerprint density at radius 2 is 2.00 bits per heavy atom. The molecular weight excluding hydrogens is 240 g/mol. The molecule has 0 saturated carbocycles. The van der Waals surface area contributed by atoms with Crippen LogP contribution in [0.25, 0.3) is 0 Å². The smallest absolute Gasteiger partial charge is 0.123 e. The molecule has 5 heteroatoms. The fraction of sp³-hybridized carbons (Fsp3) is 0.417. The number of nitriles is 1. The molecule has 17 heavy (non-hydrogen) atoms. The van der Waals surface area contributed by atoms with Crippen molar-refractivity contribution in [2.75, 3.05) is 6.54 Å². The topological polar surface area (TPSA) is 76.3 Å². The van der Waals surface area contributed by atoms with Crippen molar-refractivity contribution in [3.63, 3.8) is 0 Å². The number of halogens is 1. The van der Waals surface area contributed by atoms with Crippen molar-refractivity contribution in [1.29, 1.82) is 5.26 Å². The Morgan fingerprint density at radius 1 is 1.24 bits per heavy atom. The zero-order valence-corrected chi connectivity index (χ0v) is 10.3. The Hall–Kier alpha value is -1.44. The summed E-state index contributed by atoms with van der Waals surface area (Å²) in [7, 11) is 0. The molecule has 94 valence electrons. The molecular formula is C12H17ClN2O2. The summed E-state index contributed by atoms with van der Waals surface area (Å²) in [5.41, 5.74) is 0.762. The van der Waals surface area contributed by atoms with E-state index in [0.29, 0.717) is 13.0 Å². The highest BCUT2D eigenvalue weighted by molar-refractivity contribution is 5.85. The molecule has 4 nitrogen and oxygen atoms in total. The first-order chi connectivity index (χ1) is 7.74. The number of rotatable bonds is 6. The Kier molecular flexibility index (Phi) is 7.95. The first-order valence-electron chi connectivity index (χ1n) is 5.32. The summed E-state index contributed by atoms with van der Waals surface area (Å²) in [6.07, 6.45) is 2.43. The highest BCUT2D eigenvalue weighted by Crippen LogP contribution is 2.22. The van der Waals surface area contributed by atoms with Gasteiger partial charge in [-0.25, -0.2) is 0 Å². The summed E-state index contributed by atoms with van der Waals surface area (Å²) in [5.74, 6) is 0.166. The molecule has 0 aliphatic heterocycles. The third kappa shape index (κ3) is 6.00. The molecule has 1 aromatic carbocycles. The van der Waals surface area contributed by atoms with Crippen LogP contribution in [0.4, 0.5) is 0 Å². The van der Waals surface area contributed by atoms with E-state index in [9.17, 15) is 5.11 Å². The van der Waals surface area contributed by atoms with E-state index in [1.165, 1.54) is 6.07 Å². The van der Waals surface area contributed by atoms with Gasteiger partial charge in [0.1, 0.15) is 11.5 Å². The van der Waals surface area contributed by atoms with Gasteiger partial charge in [-0.05, 0) is 25.5 Å². The van der Waals surface area contributed by atoms with Crippen LogP contribution in [-0.4, -0.2) is 16.8 Å². The largest absolute Gasteiger partial charge is 0.508 e. The highest BCUT2D eigenvalue weighted by Gasteiger charge is 2.01. The van der Waals surface area contributed by atoms with Gasteiger partial charge in [0, 0.05) is 24.6 Å². The summed E-state index contributed by atoms with van der Waals surface area (Å²) in [6, 6.07) is 6.66. The number of aromatic hydroxyl groups is 2. The van der Waals surface area contributed by atoms with Gasteiger partial charge in [-0.15, -0.1) is 12.4 Å². The van der Waals surface area contributed by atoms with Gasteiger partial charge in [0.25, 0.3) is 0 Å². The first-order valence-corrected chi connectivity index (χ1v) is 5.32. The number of phenols is 2. The van der Waals surface area contributed by atoms with Crippen molar-refractivity contribution in [2.45, 2.75) is 25.8 Å². The minimum absolute atomic E-state index is 0. The van der Waals surface area contributed by atoms with Crippen molar-refractivity contribution >= 4 is 12.4 Å². The molecule has 1 aromatic rings. The first kappa shape index (κ1) is 15.6. The van der Waals surface area contributed by atoms with E-state index < -0.39 is 0 Å².